The molecule has 3 atom stereocenters. The van der Waals surface area contributed by atoms with Gasteiger partial charge in [-0.05, 0) is 37.4 Å². The van der Waals surface area contributed by atoms with Gasteiger partial charge in [-0.2, -0.15) is 11.8 Å². The lowest BCUT2D eigenvalue weighted by atomic mass is 9.79. The third kappa shape index (κ3) is 3.95. The van der Waals surface area contributed by atoms with Crippen molar-refractivity contribution in [2.75, 3.05) is 42.2 Å². The molecule has 0 bridgehead atoms. The maximum atomic E-state index is 10.7. The van der Waals surface area contributed by atoms with Crippen LogP contribution in [0.2, 0.25) is 0 Å². The zero-order valence-electron chi connectivity index (χ0n) is 14.3. The Kier molecular flexibility index (Phi) is 5.84. The third-order valence-corrected chi connectivity index (χ3v) is 6.55. The van der Waals surface area contributed by atoms with Gasteiger partial charge < -0.3 is 20.4 Å². The molecule has 3 rings (SSSR count). The van der Waals surface area contributed by atoms with E-state index in [0.717, 1.165) is 56.2 Å². The highest BCUT2D eigenvalue weighted by Crippen LogP contribution is 2.41. The molecule has 3 N–H and O–H groups in total. The Bertz CT molecular complexity index is 547. The second-order valence-electron chi connectivity index (χ2n) is 6.84. The predicted molar refractivity (Wildman–Crippen MR) is 98.6 cm³/mol. The molecule has 24 heavy (non-hydrogen) atoms. The van der Waals surface area contributed by atoms with Crippen LogP contribution in [0.4, 0.5) is 11.6 Å². The maximum absolute atomic E-state index is 10.7. The van der Waals surface area contributed by atoms with Crippen molar-refractivity contribution in [1.82, 2.24) is 9.97 Å². The number of anilines is 2. The van der Waals surface area contributed by atoms with Crippen molar-refractivity contribution in [3.05, 3.63) is 12.4 Å². The fourth-order valence-corrected chi connectivity index (χ4v) is 4.72. The summed E-state index contributed by atoms with van der Waals surface area (Å²) in [5, 5.41) is 23.7. The van der Waals surface area contributed by atoms with E-state index >= 15 is 0 Å². The van der Waals surface area contributed by atoms with E-state index in [1.165, 1.54) is 0 Å². The zero-order chi connectivity index (χ0) is 17.0. The molecule has 1 aliphatic heterocycles. The van der Waals surface area contributed by atoms with Crippen LogP contribution in [0.25, 0.3) is 0 Å². The van der Waals surface area contributed by atoms with E-state index in [-0.39, 0.29) is 6.61 Å². The Morgan fingerprint density at radius 1 is 1.42 bits per heavy atom. The Hall–Kier alpha value is -1.05. The largest absolute Gasteiger partial charge is 0.396 e. The van der Waals surface area contributed by atoms with E-state index in [1.807, 2.05) is 17.8 Å². The average molecular weight is 353 g/mol. The Morgan fingerprint density at radius 2 is 2.29 bits per heavy atom. The molecule has 2 aliphatic rings. The molecule has 0 amide bonds. The smallest absolute Gasteiger partial charge is 0.134 e. The van der Waals surface area contributed by atoms with Crippen molar-refractivity contribution in [2.24, 2.45) is 5.92 Å². The molecule has 3 unspecified atom stereocenters. The van der Waals surface area contributed by atoms with Crippen molar-refractivity contribution in [3.63, 3.8) is 0 Å². The number of thioether (sulfide) groups is 1. The standard InChI is InChI=1S/C17H28N4O2S/c1-2-24-14-5-6-17(14,23)11-18-15-8-16(20-12-19-15)21-7-3-4-13(9-21)10-22/h8,12-14,22-23H,2-7,9-11H2,1H3,(H,18,19,20). The molecule has 1 saturated carbocycles. The first-order valence-corrected chi connectivity index (χ1v) is 9.95. The van der Waals surface area contributed by atoms with Crippen molar-refractivity contribution < 1.29 is 10.2 Å². The summed E-state index contributed by atoms with van der Waals surface area (Å²) in [6.07, 6.45) is 5.66. The van der Waals surface area contributed by atoms with E-state index in [4.69, 9.17) is 0 Å². The summed E-state index contributed by atoms with van der Waals surface area (Å²) in [5.41, 5.74) is -0.626. The van der Waals surface area contributed by atoms with Crippen LogP contribution in [0.5, 0.6) is 0 Å². The van der Waals surface area contributed by atoms with Crippen LogP contribution < -0.4 is 10.2 Å². The summed E-state index contributed by atoms with van der Waals surface area (Å²) in [7, 11) is 0. The van der Waals surface area contributed by atoms with Gasteiger partial charge >= 0.3 is 0 Å². The summed E-state index contributed by atoms with van der Waals surface area (Å²) < 4.78 is 0. The van der Waals surface area contributed by atoms with Crippen LogP contribution >= 0.6 is 11.8 Å². The van der Waals surface area contributed by atoms with E-state index in [9.17, 15) is 10.2 Å². The van der Waals surface area contributed by atoms with Gasteiger partial charge in [-0.3, -0.25) is 0 Å². The van der Waals surface area contributed by atoms with E-state index in [1.54, 1.807) is 6.33 Å². The molecule has 1 saturated heterocycles. The second kappa shape index (κ2) is 7.89. The van der Waals surface area contributed by atoms with Gasteiger partial charge in [-0.15, -0.1) is 0 Å². The lowest BCUT2D eigenvalue weighted by Crippen LogP contribution is -2.54. The normalized spacial score (nSPS) is 30.0. The molecule has 134 valence electrons. The topological polar surface area (TPSA) is 81.5 Å². The van der Waals surface area contributed by atoms with Crippen molar-refractivity contribution in [1.29, 1.82) is 0 Å². The molecular formula is C17H28N4O2S. The van der Waals surface area contributed by atoms with Gasteiger partial charge in [0.05, 0.1) is 5.60 Å². The molecule has 1 aromatic heterocycles. The molecule has 7 heteroatoms. The van der Waals surface area contributed by atoms with Crippen molar-refractivity contribution in [2.45, 2.75) is 43.5 Å². The SMILES string of the molecule is CCSC1CCC1(O)CNc1cc(N2CCCC(CO)C2)ncn1. The molecule has 2 fully saturated rings. The number of rotatable bonds is 7. The number of aliphatic hydroxyl groups is 2. The van der Waals surface area contributed by atoms with Gasteiger partial charge in [0, 0.05) is 37.6 Å². The van der Waals surface area contributed by atoms with E-state index in [2.05, 4.69) is 27.1 Å². The lowest BCUT2D eigenvalue weighted by molar-refractivity contribution is -0.0120. The number of nitrogens with zero attached hydrogens (tertiary/aromatic N) is 3. The highest BCUT2D eigenvalue weighted by Gasteiger charge is 2.45. The summed E-state index contributed by atoms with van der Waals surface area (Å²) in [4.78, 5) is 10.9. The Balaban J connectivity index is 1.59. The number of piperidine rings is 1. The quantitative estimate of drug-likeness (QED) is 0.689. The van der Waals surface area contributed by atoms with Crippen LogP contribution in [-0.4, -0.2) is 63.0 Å². The van der Waals surface area contributed by atoms with E-state index in [0.29, 0.717) is 17.7 Å². The van der Waals surface area contributed by atoms with Gasteiger partial charge in [0.2, 0.25) is 0 Å². The number of nitrogens with one attached hydrogen (secondary N) is 1. The second-order valence-corrected chi connectivity index (χ2v) is 8.32. The molecule has 6 nitrogen and oxygen atoms in total. The molecule has 2 heterocycles. The molecule has 1 aliphatic carbocycles. The minimum absolute atomic E-state index is 0.232. The first kappa shape index (κ1) is 17.8. The van der Waals surface area contributed by atoms with Crippen molar-refractivity contribution >= 4 is 23.4 Å². The van der Waals surface area contributed by atoms with Gasteiger partial charge in [-0.25, -0.2) is 9.97 Å². The summed E-state index contributed by atoms with van der Waals surface area (Å²) in [6, 6.07) is 1.95. The van der Waals surface area contributed by atoms with Crippen LogP contribution in [0, 0.1) is 5.92 Å². The van der Waals surface area contributed by atoms with E-state index < -0.39 is 5.60 Å². The minimum Gasteiger partial charge on any atom is -0.396 e. The minimum atomic E-state index is -0.626. The number of aliphatic hydroxyl groups excluding tert-OH is 1. The fourth-order valence-electron chi connectivity index (χ4n) is 3.52. The maximum Gasteiger partial charge on any atom is 0.134 e. The monoisotopic (exact) mass is 352 g/mol. The van der Waals surface area contributed by atoms with Gasteiger partial charge in [0.1, 0.15) is 18.0 Å². The number of aromatic nitrogens is 2. The third-order valence-electron chi connectivity index (χ3n) is 5.14. The molecule has 0 radical (unpaired) electrons. The highest BCUT2D eigenvalue weighted by molar-refractivity contribution is 8.00. The van der Waals surface area contributed by atoms with Crippen LogP contribution in [-0.2, 0) is 0 Å². The van der Waals surface area contributed by atoms with Gasteiger partial charge in [0.15, 0.2) is 0 Å². The summed E-state index contributed by atoms with van der Waals surface area (Å²) in [6.45, 7) is 4.70. The summed E-state index contributed by atoms with van der Waals surface area (Å²) >= 11 is 1.83. The molecule has 0 aromatic carbocycles. The van der Waals surface area contributed by atoms with Crippen molar-refractivity contribution in [3.8, 4) is 0 Å². The number of hydrogen-bond acceptors (Lipinski definition) is 7. The number of hydrogen-bond donors (Lipinski definition) is 3. The lowest BCUT2D eigenvalue weighted by Gasteiger charge is -2.45. The van der Waals surface area contributed by atoms with Crippen LogP contribution in [0.15, 0.2) is 12.4 Å². The van der Waals surface area contributed by atoms with Crippen LogP contribution in [0.3, 0.4) is 0 Å². The Morgan fingerprint density at radius 3 is 3.00 bits per heavy atom. The molecule has 0 spiro atoms. The first-order chi connectivity index (χ1) is 11.6. The predicted octanol–water partition coefficient (Wildman–Crippen LogP) is 1.74. The first-order valence-electron chi connectivity index (χ1n) is 8.90. The molecule has 1 aromatic rings. The van der Waals surface area contributed by atoms with Gasteiger partial charge in [-0.1, -0.05) is 6.92 Å². The zero-order valence-corrected chi connectivity index (χ0v) is 15.1. The average Bonchev–Trinajstić information content (AvgIpc) is 2.63. The van der Waals surface area contributed by atoms with Gasteiger partial charge in [0.25, 0.3) is 0 Å². The molecular weight excluding hydrogens is 324 g/mol. The Labute approximate surface area is 148 Å². The summed E-state index contributed by atoms with van der Waals surface area (Å²) in [5.74, 6) is 3.01. The van der Waals surface area contributed by atoms with Crippen LogP contribution in [0.1, 0.15) is 32.6 Å². The highest BCUT2D eigenvalue weighted by atomic mass is 32.2. The fraction of sp³-hybridized carbons (Fsp3) is 0.765.